The molecular formula is C17H20F2N4O2S. The molecule has 2 fully saturated rings. The van der Waals surface area contributed by atoms with E-state index in [1.165, 1.54) is 12.1 Å². The average Bonchev–Trinajstić information content (AvgIpc) is 3.38. The first kappa shape index (κ1) is 17.4. The molecule has 0 N–H and O–H groups in total. The zero-order chi connectivity index (χ0) is 18.3. The highest BCUT2D eigenvalue weighted by Gasteiger charge is 2.34. The third-order valence-corrected chi connectivity index (χ3v) is 6.58. The highest BCUT2D eigenvalue weighted by molar-refractivity contribution is 7.91. The van der Waals surface area contributed by atoms with Crippen LogP contribution in [0.15, 0.2) is 35.5 Å². The molecule has 2 heterocycles. The summed E-state index contributed by atoms with van der Waals surface area (Å²) >= 11 is 0. The van der Waals surface area contributed by atoms with Crippen molar-refractivity contribution in [2.24, 2.45) is 0 Å². The van der Waals surface area contributed by atoms with Crippen LogP contribution in [0.25, 0.3) is 0 Å². The van der Waals surface area contributed by atoms with E-state index in [9.17, 15) is 17.2 Å². The van der Waals surface area contributed by atoms with Crippen LogP contribution in [0, 0.1) is 0 Å². The number of sulfone groups is 1. The van der Waals surface area contributed by atoms with Crippen LogP contribution in [0.1, 0.15) is 43.5 Å². The monoisotopic (exact) mass is 382 g/mol. The molecule has 0 spiro atoms. The molecular weight excluding hydrogens is 362 g/mol. The number of aromatic nitrogens is 3. The Labute approximate surface area is 150 Å². The smallest absolute Gasteiger partial charge is 0.341 e. The number of anilines is 1. The van der Waals surface area contributed by atoms with Crippen LogP contribution in [0.2, 0.25) is 0 Å². The normalized spacial score (nSPS) is 19.3. The van der Waals surface area contributed by atoms with Gasteiger partial charge < -0.3 is 9.47 Å². The van der Waals surface area contributed by atoms with Crippen LogP contribution in [-0.2, 0) is 9.84 Å². The number of hydrogen-bond donors (Lipinski definition) is 0. The summed E-state index contributed by atoms with van der Waals surface area (Å²) in [5.74, 6) is -2.17. The minimum Gasteiger partial charge on any atom is -0.370 e. The lowest BCUT2D eigenvalue weighted by Gasteiger charge is -2.34. The van der Waals surface area contributed by atoms with Gasteiger partial charge in [-0.3, -0.25) is 0 Å². The Morgan fingerprint density at radius 3 is 2.42 bits per heavy atom. The van der Waals surface area contributed by atoms with E-state index < -0.39 is 15.6 Å². The van der Waals surface area contributed by atoms with Crippen molar-refractivity contribution in [1.29, 1.82) is 0 Å². The summed E-state index contributed by atoms with van der Waals surface area (Å²) in [6.07, 6.45) is 5.67. The predicted octanol–water partition coefficient (Wildman–Crippen LogP) is 2.99. The maximum absolute atomic E-state index is 13.0. The molecule has 2 aromatic rings. The lowest BCUT2D eigenvalue weighted by molar-refractivity contribution is 0.234. The number of piperidine rings is 1. The van der Waals surface area contributed by atoms with Gasteiger partial charge in [-0.05, 0) is 37.8 Å². The van der Waals surface area contributed by atoms with Gasteiger partial charge in [-0.25, -0.2) is 8.42 Å². The number of para-hydroxylation sites is 1. The lowest BCUT2D eigenvalue weighted by Crippen LogP contribution is -2.34. The van der Waals surface area contributed by atoms with E-state index in [2.05, 4.69) is 14.8 Å². The van der Waals surface area contributed by atoms with Gasteiger partial charge >= 0.3 is 5.76 Å². The minimum atomic E-state index is -4.62. The molecule has 6 nitrogen and oxygen atoms in total. The van der Waals surface area contributed by atoms with Crippen molar-refractivity contribution in [3.05, 3.63) is 36.4 Å². The van der Waals surface area contributed by atoms with E-state index in [0.29, 0.717) is 24.8 Å². The molecule has 1 saturated carbocycles. The maximum Gasteiger partial charge on any atom is 0.341 e. The molecule has 26 heavy (non-hydrogen) atoms. The Bertz CT molecular complexity index is 888. The Balaban J connectivity index is 1.53. The van der Waals surface area contributed by atoms with Crippen LogP contribution in [0.5, 0.6) is 0 Å². The van der Waals surface area contributed by atoms with Crippen molar-refractivity contribution in [2.75, 3.05) is 18.0 Å². The van der Waals surface area contributed by atoms with Crippen molar-refractivity contribution in [3.63, 3.8) is 0 Å². The molecule has 1 aliphatic carbocycles. The van der Waals surface area contributed by atoms with E-state index in [-0.39, 0.29) is 10.8 Å². The quantitative estimate of drug-likeness (QED) is 0.795. The fraction of sp³-hybridized carbons (Fsp3) is 0.529. The molecule has 140 valence electrons. The number of alkyl halides is 2. The molecule has 0 amide bonds. The van der Waals surface area contributed by atoms with Crippen molar-refractivity contribution < 1.29 is 17.2 Å². The van der Waals surface area contributed by atoms with Crippen LogP contribution in [0.4, 0.5) is 14.5 Å². The molecule has 1 aromatic carbocycles. The molecule has 0 bridgehead atoms. The number of benzene rings is 1. The Hall–Kier alpha value is -2.03. The van der Waals surface area contributed by atoms with Crippen molar-refractivity contribution in [2.45, 2.75) is 48.3 Å². The highest BCUT2D eigenvalue weighted by atomic mass is 32.2. The second-order valence-electron chi connectivity index (χ2n) is 6.86. The van der Waals surface area contributed by atoms with Gasteiger partial charge in [0.2, 0.25) is 9.84 Å². The van der Waals surface area contributed by atoms with E-state index in [1.54, 1.807) is 18.5 Å². The zero-order valence-electron chi connectivity index (χ0n) is 14.1. The first-order valence-electron chi connectivity index (χ1n) is 8.74. The van der Waals surface area contributed by atoms with Crippen LogP contribution in [-0.4, -0.2) is 42.0 Å². The lowest BCUT2D eigenvalue weighted by atomic mass is 9.95. The van der Waals surface area contributed by atoms with E-state index in [4.69, 9.17) is 0 Å². The van der Waals surface area contributed by atoms with E-state index >= 15 is 0 Å². The molecule has 2 aliphatic rings. The van der Waals surface area contributed by atoms with Gasteiger partial charge in [0.15, 0.2) is 0 Å². The van der Waals surface area contributed by atoms with Crippen LogP contribution in [0.3, 0.4) is 0 Å². The Kier molecular flexibility index (Phi) is 4.42. The largest absolute Gasteiger partial charge is 0.370 e. The SMILES string of the molecule is O=S(=O)(c1ccccc1N1CCC(c2nncn2C2CC2)CC1)C(F)F. The number of rotatable bonds is 5. The second kappa shape index (κ2) is 6.61. The highest BCUT2D eigenvalue weighted by Crippen LogP contribution is 2.39. The standard InChI is InChI=1S/C17H20F2N4O2S/c18-17(19)26(24,25)15-4-2-1-3-14(15)22-9-7-12(8-10-22)16-21-20-11-23(16)13-5-6-13/h1-4,11-13,17H,5-10H2. The summed E-state index contributed by atoms with van der Waals surface area (Å²) < 4.78 is 52.1. The molecule has 1 aliphatic heterocycles. The molecule has 1 aromatic heterocycles. The Morgan fingerprint density at radius 1 is 1.08 bits per heavy atom. The number of hydrogen-bond acceptors (Lipinski definition) is 5. The first-order valence-corrected chi connectivity index (χ1v) is 10.3. The summed E-state index contributed by atoms with van der Waals surface area (Å²) in [5, 5.41) is 8.32. The average molecular weight is 382 g/mol. The summed E-state index contributed by atoms with van der Waals surface area (Å²) in [7, 11) is -4.62. The van der Waals surface area contributed by atoms with Crippen molar-refractivity contribution >= 4 is 15.5 Å². The predicted molar refractivity (Wildman–Crippen MR) is 92.1 cm³/mol. The molecule has 4 rings (SSSR count). The van der Waals surface area contributed by atoms with Gasteiger partial charge in [-0.15, -0.1) is 10.2 Å². The molecule has 0 radical (unpaired) electrons. The summed E-state index contributed by atoms with van der Waals surface area (Å²) in [6.45, 7) is 1.19. The van der Waals surface area contributed by atoms with Crippen LogP contribution < -0.4 is 4.90 Å². The number of nitrogens with zero attached hydrogens (tertiary/aromatic N) is 4. The maximum atomic E-state index is 13.0. The zero-order valence-corrected chi connectivity index (χ0v) is 14.9. The van der Waals surface area contributed by atoms with E-state index in [1.807, 2.05) is 4.90 Å². The fourth-order valence-electron chi connectivity index (χ4n) is 3.61. The van der Waals surface area contributed by atoms with Gasteiger partial charge in [-0.2, -0.15) is 8.78 Å². The van der Waals surface area contributed by atoms with Crippen molar-refractivity contribution in [1.82, 2.24) is 14.8 Å². The van der Waals surface area contributed by atoms with Gasteiger partial charge in [0.05, 0.1) is 10.6 Å². The molecule has 0 atom stereocenters. The van der Waals surface area contributed by atoms with E-state index in [0.717, 1.165) is 31.5 Å². The second-order valence-corrected chi connectivity index (χ2v) is 8.75. The van der Waals surface area contributed by atoms with Crippen LogP contribution >= 0.6 is 0 Å². The van der Waals surface area contributed by atoms with Gasteiger partial charge in [0.1, 0.15) is 12.2 Å². The van der Waals surface area contributed by atoms with Crippen molar-refractivity contribution in [3.8, 4) is 0 Å². The fourth-order valence-corrected chi connectivity index (χ4v) is 4.56. The summed E-state index contributed by atoms with van der Waals surface area (Å²) in [5.41, 5.74) is 0.356. The third-order valence-electron chi connectivity index (χ3n) is 5.15. The first-order chi connectivity index (χ1) is 12.5. The Morgan fingerprint density at radius 2 is 1.77 bits per heavy atom. The van der Waals surface area contributed by atoms with Gasteiger partial charge in [-0.1, -0.05) is 12.1 Å². The molecule has 9 heteroatoms. The molecule has 0 unspecified atom stereocenters. The van der Waals surface area contributed by atoms with Gasteiger partial charge in [0, 0.05) is 25.0 Å². The number of halogens is 2. The third kappa shape index (κ3) is 3.08. The topological polar surface area (TPSA) is 68.1 Å². The summed E-state index contributed by atoms with van der Waals surface area (Å²) in [4.78, 5) is 1.58. The minimum absolute atomic E-state index is 0.258. The van der Waals surface area contributed by atoms with Gasteiger partial charge in [0.25, 0.3) is 0 Å². The molecule has 1 saturated heterocycles. The summed E-state index contributed by atoms with van der Waals surface area (Å²) in [6, 6.07) is 6.52.